The molecular weight excluding hydrogens is 829 g/mol. The van der Waals surface area contributed by atoms with Gasteiger partial charge in [-0.15, -0.1) is 6.58 Å². The van der Waals surface area contributed by atoms with Crippen molar-refractivity contribution in [1.29, 1.82) is 0 Å². The Balaban J connectivity index is 2.59. The summed E-state index contributed by atoms with van der Waals surface area (Å²) < 4.78 is 18.5. The van der Waals surface area contributed by atoms with Crippen LogP contribution >= 0.6 is 0 Å². The second kappa shape index (κ2) is 46.7. The Morgan fingerprint density at radius 2 is 0.985 bits per heavy atom. The monoisotopic (exact) mass is 943 g/mol. The molecule has 0 radical (unpaired) electrons. The zero-order chi connectivity index (χ0) is 48.8. The van der Waals surface area contributed by atoms with Crippen molar-refractivity contribution in [2.45, 2.75) is 328 Å². The molecule has 1 heterocycles. The molecule has 0 aliphatic carbocycles. The molecule has 1 fully saturated rings. The summed E-state index contributed by atoms with van der Waals surface area (Å²) in [6.45, 7) is 13.9. The zero-order valence-corrected chi connectivity index (χ0v) is 45.7. The fraction of sp³-hybridized carbons (Fsp3) is 0.900. The second-order valence-electron chi connectivity index (χ2n) is 21.0. The maximum Gasteiger partial charge on any atom is 0.306 e. The molecule has 1 saturated heterocycles. The molecule has 7 heteroatoms. The normalized spacial score (nSPS) is 15.8. The summed E-state index contributed by atoms with van der Waals surface area (Å²) in [5.74, 6) is 0.315. The number of carbonyl (C=O) groups is 2. The van der Waals surface area contributed by atoms with Gasteiger partial charge in [0.05, 0.1) is 6.10 Å². The van der Waals surface area contributed by atoms with Gasteiger partial charge in [-0.25, -0.2) is 0 Å². The molecule has 0 aromatic carbocycles. The second-order valence-corrected chi connectivity index (χ2v) is 21.0. The van der Waals surface area contributed by atoms with E-state index in [9.17, 15) is 9.59 Å². The van der Waals surface area contributed by atoms with Crippen LogP contribution in [0.4, 0.5) is 0 Å². The van der Waals surface area contributed by atoms with Crippen molar-refractivity contribution >= 4 is 11.9 Å². The quantitative estimate of drug-likeness (QED) is 0.0262. The summed E-state index contributed by atoms with van der Waals surface area (Å²) in [5.41, 5.74) is 0. The molecule has 0 N–H and O–H groups in total. The third-order valence-electron chi connectivity index (χ3n) is 14.1. The van der Waals surface area contributed by atoms with Gasteiger partial charge in [0.15, 0.2) is 6.29 Å². The maximum absolute atomic E-state index is 13.9. The lowest BCUT2D eigenvalue weighted by molar-refractivity contribution is -0.150. The highest BCUT2D eigenvalue weighted by atomic mass is 16.8. The van der Waals surface area contributed by atoms with E-state index in [0.717, 1.165) is 109 Å². The van der Waals surface area contributed by atoms with Crippen LogP contribution in [0.5, 0.6) is 0 Å². The van der Waals surface area contributed by atoms with Crippen molar-refractivity contribution in [1.82, 2.24) is 9.80 Å². The highest BCUT2D eigenvalue weighted by Crippen LogP contribution is 2.32. The first kappa shape index (κ1) is 63.3. The van der Waals surface area contributed by atoms with Gasteiger partial charge in [-0.1, -0.05) is 207 Å². The molecule has 67 heavy (non-hydrogen) atoms. The summed E-state index contributed by atoms with van der Waals surface area (Å²) in [7, 11) is 4.24. The van der Waals surface area contributed by atoms with Gasteiger partial charge >= 0.3 is 5.97 Å². The van der Waals surface area contributed by atoms with Gasteiger partial charge in [0, 0.05) is 31.6 Å². The molecule has 1 amide bonds. The van der Waals surface area contributed by atoms with E-state index < -0.39 is 0 Å². The highest BCUT2D eigenvalue weighted by molar-refractivity contribution is 5.77. The van der Waals surface area contributed by atoms with Gasteiger partial charge < -0.3 is 24.0 Å². The van der Waals surface area contributed by atoms with Crippen molar-refractivity contribution in [2.24, 2.45) is 0 Å². The van der Waals surface area contributed by atoms with Crippen molar-refractivity contribution in [3.05, 3.63) is 24.9 Å². The van der Waals surface area contributed by atoms with E-state index in [4.69, 9.17) is 14.2 Å². The van der Waals surface area contributed by atoms with Crippen LogP contribution in [0.15, 0.2) is 24.9 Å². The van der Waals surface area contributed by atoms with Crippen LogP contribution in [0, 0.1) is 0 Å². The highest BCUT2D eigenvalue weighted by Gasteiger charge is 2.40. The fourth-order valence-electron chi connectivity index (χ4n) is 9.63. The van der Waals surface area contributed by atoms with Crippen LogP contribution in [0.2, 0.25) is 0 Å². The van der Waals surface area contributed by atoms with Crippen molar-refractivity contribution < 1.29 is 23.8 Å². The number of hydrogen-bond donors (Lipinski definition) is 0. The lowest BCUT2D eigenvalue weighted by Crippen LogP contribution is -2.36. The van der Waals surface area contributed by atoms with Crippen molar-refractivity contribution in [2.75, 3.05) is 20.6 Å². The number of amides is 1. The summed E-state index contributed by atoms with van der Waals surface area (Å²) >= 11 is 0. The van der Waals surface area contributed by atoms with E-state index in [0.29, 0.717) is 31.0 Å². The van der Waals surface area contributed by atoms with E-state index in [1.165, 1.54) is 154 Å². The van der Waals surface area contributed by atoms with E-state index in [-0.39, 0.29) is 24.4 Å². The zero-order valence-electron chi connectivity index (χ0n) is 45.7. The molecule has 4 atom stereocenters. The number of allylic oxidation sites excluding steroid dienone is 1. The smallest absolute Gasteiger partial charge is 0.306 e. The lowest BCUT2D eigenvalue weighted by Gasteiger charge is -2.30. The molecule has 4 unspecified atom stereocenters. The average molecular weight is 944 g/mol. The number of rotatable bonds is 52. The van der Waals surface area contributed by atoms with Crippen LogP contribution in [-0.2, 0) is 23.8 Å². The Labute approximate surface area is 417 Å². The Morgan fingerprint density at radius 1 is 0.537 bits per heavy atom. The number of carbonyl (C=O) groups excluding carboxylic acids is 2. The molecule has 7 nitrogen and oxygen atoms in total. The molecule has 1 aliphatic rings. The summed E-state index contributed by atoms with van der Waals surface area (Å²) in [6.07, 6.45) is 55.7. The molecular formula is C60H114N2O5. The van der Waals surface area contributed by atoms with E-state index >= 15 is 0 Å². The Kier molecular flexibility index (Phi) is 44.1. The first-order chi connectivity index (χ1) is 32.8. The van der Waals surface area contributed by atoms with Crippen LogP contribution in [0.25, 0.3) is 0 Å². The van der Waals surface area contributed by atoms with E-state index in [1.807, 2.05) is 6.08 Å². The molecule has 1 rings (SSSR count). The Morgan fingerprint density at radius 3 is 1.55 bits per heavy atom. The minimum absolute atomic E-state index is 0.00525. The van der Waals surface area contributed by atoms with Crippen LogP contribution in [0.3, 0.4) is 0 Å². The van der Waals surface area contributed by atoms with Gasteiger partial charge in [-0.05, 0) is 104 Å². The van der Waals surface area contributed by atoms with Gasteiger partial charge in [0.25, 0.3) is 0 Å². The molecule has 0 aromatic heterocycles. The van der Waals surface area contributed by atoms with Gasteiger partial charge in [0.1, 0.15) is 12.2 Å². The number of nitrogens with zero attached hydrogens (tertiary/aromatic N) is 2. The first-order valence-electron chi connectivity index (χ1n) is 29.5. The Bertz CT molecular complexity index is 1130. The number of ether oxygens (including phenoxy) is 3. The average Bonchev–Trinajstić information content (AvgIpc) is 4.06. The van der Waals surface area contributed by atoms with Crippen LogP contribution in [0.1, 0.15) is 297 Å². The first-order valence-corrected chi connectivity index (χ1v) is 29.5. The SMILES string of the molecule is C=CCCCCC(CCCCC)OC(=O)CCCCCCCCC(CCCCCCCCCC1OC1OC(CCCCCC)CCCCCC)N(/C=C/CCN(C)C)C(=O)CCCCCCC. The van der Waals surface area contributed by atoms with Crippen molar-refractivity contribution in [3.63, 3.8) is 0 Å². The molecule has 0 aromatic rings. The number of unbranched alkanes of at least 4 members (excludes halogenated alkanes) is 25. The summed E-state index contributed by atoms with van der Waals surface area (Å²) in [4.78, 5) is 31.1. The van der Waals surface area contributed by atoms with Crippen LogP contribution in [-0.4, -0.2) is 73.0 Å². The maximum atomic E-state index is 13.9. The fourth-order valence-corrected chi connectivity index (χ4v) is 9.63. The molecule has 394 valence electrons. The molecule has 0 saturated carbocycles. The van der Waals surface area contributed by atoms with Gasteiger partial charge in [-0.3, -0.25) is 9.59 Å². The topological polar surface area (TPSA) is 71.6 Å². The standard InChI is InChI=1S/C60H114N2O5/c1-8-13-18-27-39-50-58(63)62(53-42-41-52-61(6)7)54(44-34-29-25-26-31-40-51-59(64)65-55(45-32-17-12-5)46-35-19-14-9-2)43-33-28-23-22-24-30-38-49-57-60(67-57)66-56(47-36-20-15-10-3)48-37-21-16-11-4/h9,42,53-57,60H,2,8,10-41,43-52H2,1,3-7H3/b53-42+. The lowest BCUT2D eigenvalue weighted by atomic mass is 9.98. The Hall–Kier alpha value is -1.70. The minimum atomic E-state index is -0.00525. The van der Waals surface area contributed by atoms with Gasteiger partial charge in [0.2, 0.25) is 5.91 Å². The van der Waals surface area contributed by atoms with E-state index in [1.54, 1.807) is 0 Å². The predicted molar refractivity (Wildman–Crippen MR) is 289 cm³/mol. The number of epoxide rings is 1. The number of esters is 1. The summed E-state index contributed by atoms with van der Waals surface area (Å²) in [6, 6.07) is 0.275. The van der Waals surface area contributed by atoms with Crippen molar-refractivity contribution in [3.8, 4) is 0 Å². The van der Waals surface area contributed by atoms with Crippen LogP contribution < -0.4 is 0 Å². The summed E-state index contributed by atoms with van der Waals surface area (Å²) in [5, 5.41) is 0. The number of hydrogen-bond acceptors (Lipinski definition) is 6. The largest absolute Gasteiger partial charge is 0.462 e. The third-order valence-corrected chi connectivity index (χ3v) is 14.1. The third kappa shape index (κ3) is 38.7. The van der Waals surface area contributed by atoms with Gasteiger partial charge in [-0.2, -0.15) is 0 Å². The molecule has 1 aliphatic heterocycles. The van der Waals surface area contributed by atoms with E-state index in [2.05, 4.69) is 70.4 Å². The molecule has 0 bridgehead atoms. The molecule has 0 spiro atoms. The predicted octanol–water partition coefficient (Wildman–Crippen LogP) is 17.9. The minimum Gasteiger partial charge on any atom is -0.462 e.